The van der Waals surface area contributed by atoms with Crippen molar-refractivity contribution in [3.05, 3.63) is 59.2 Å². The summed E-state index contributed by atoms with van der Waals surface area (Å²) in [6.07, 6.45) is 1.72. The molecule has 1 atom stereocenters. The zero-order valence-corrected chi connectivity index (χ0v) is 16.5. The molecule has 0 aromatic heterocycles. The third-order valence-electron chi connectivity index (χ3n) is 4.85. The fourth-order valence-corrected chi connectivity index (χ4v) is 4.19. The predicted octanol–water partition coefficient (Wildman–Crippen LogP) is 2.17. The third kappa shape index (κ3) is 4.07. The van der Waals surface area contributed by atoms with Gasteiger partial charge in [-0.25, -0.2) is 18.4 Å². The van der Waals surface area contributed by atoms with Crippen LogP contribution in [0.3, 0.4) is 0 Å². The number of ether oxygens (including phenoxy) is 1. The van der Waals surface area contributed by atoms with Crippen molar-refractivity contribution in [2.45, 2.75) is 37.6 Å². The number of hydrogen-bond donors (Lipinski definition) is 1. The van der Waals surface area contributed by atoms with E-state index in [9.17, 15) is 18.0 Å². The van der Waals surface area contributed by atoms with Gasteiger partial charge in [-0.1, -0.05) is 24.3 Å². The topological polar surface area (TPSA) is 107 Å². The summed E-state index contributed by atoms with van der Waals surface area (Å²) in [5.41, 5.74) is 2.36. The molecule has 28 heavy (non-hydrogen) atoms. The molecule has 0 fully saturated rings. The second kappa shape index (κ2) is 7.73. The Labute approximate surface area is 164 Å². The van der Waals surface area contributed by atoms with Crippen LogP contribution in [0.1, 0.15) is 34.8 Å². The lowest BCUT2D eigenvalue weighted by atomic mass is 9.96. The highest BCUT2D eigenvalue weighted by Gasteiger charge is 2.28. The SMILES string of the molecule is Cc1ccc(C(=O)OCC(=O)N2c3ccccc3CCC2C)cc1S(N)(=O)=O. The zero-order valence-electron chi connectivity index (χ0n) is 15.7. The Morgan fingerprint density at radius 1 is 1.21 bits per heavy atom. The molecule has 0 radical (unpaired) electrons. The van der Waals surface area contributed by atoms with Crippen molar-refractivity contribution in [3.63, 3.8) is 0 Å². The van der Waals surface area contributed by atoms with Gasteiger partial charge in [0, 0.05) is 11.7 Å². The van der Waals surface area contributed by atoms with Gasteiger partial charge in [-0.05, 0) is 56.0 Å². The maximum atomic E-state index is 12.7. The molecule has 1 aliphatic heterocycles. The second-order valence-electron chi connectivity index (χ2n) is 6.88. The van der Waals surface area contributed by atoms with E-state index >= 15 is 0 Å². The van der Waals surface area contributed by atoms with Crippen molar-refractivity contribution in [1.82, 2.24) is 0 Å². The van der Waals surface area contributed by atoms with Crippen LogP contribution in [0.2, 0.25) is 0 Å². The van der Waals surface area contributed by atoms with Crippen molar-refractivity contribution in [3.8, 4) is 0 Å². The number of primary sulfonamides is 1. The largest absolute Gasteiger partial charge is 0.452 e. The number of nitrogens with zero attached hydrogens (tertiary/aromatic N) is 1. The number of esters is 1. The minimum atomic E-state index is -3.96. The van der Waals surface area contributed by atoms with Gasteiger partial charge in [-0.3, -0.25) is 4.79 Å². The first-order chi connectivity index (χ1) is 13.2. The van der Waals surface area contributed by atoms with Gasteiger partial charge in [0.25, 0.3) is 5.91 Å². The van der Waals surface area contributed by atoms with Crippen LogP contribution in [0.5, 0.6) is 0 Å². The number of anilines is 1. The lowest BCUT2D eigenvalue weighted by molar-refractivity contribution is -0.122. The number of rotatable bonds is 4. The maximum absolute atomic E-state index is 12.7. The summed E-state index contributed by atoms with van der Waals surface area (Å²) >= 11 is 0. The minimum absolute atomic E-state index is 0.00513. The van der Waals surface area contributed by atoms with Crippen molar-refractivity contribution < 1.29 is 22.7 Å². The van der Waals surface area contributed by atoms with Crippen LogP contribution in [0, 0.1) is 6.92 Å². The molecule has 7 nitrogen and oxygen atoms in total. The fraction of sp³-hybridized carbons (Fsp3) is 0.300. The average molecular weight is 402 g/mol. The Balaban J connectivity index is 1.74. The van der Waals surface area contributed by atoms with Gasteiger partial charge < -0.3 is 9.64 Å². The molecule has 0 bridgehead atoms. The number of carbonyl (C=O) groups excluding carboxylic acids is 2. The number of carbonyl (C=O) groups is 2. The first-order valence-electron chi connectivity index (χ1n) is 8.89. The number of fused-ring (bicyclic) bond motifs is 1. The van der Waals surface area contributed by atoms with Gasteiger partial charge >= 0.3 is 5.97 Å². The van der Waals surface area contributed by atoms with Crippen LogP contribution >= 0.6 is 0 Å². The average Bonchev–Trinajstić information content (AvgIpc) is 2.65. The monoisotopic (exact) mass is 402 g/mol. The highest BCUT2D eigenvalue weighted by atomic mass is 32.2. The van der Waals surface area contributed by atoms with Crippen molar-refractivity contribution in [2.75, 3.05) is 11.5 Å². The van der Waals surface area contributed by atoms with Gasteiger partial charge in [0.2, 0.25) is 10.0 Å². The first kappa shape index (κ1) is 20.0. The van der Waals surface area contributed by atoms with Crippen LogP contribution in [0.4, 0.5) is 5.69 Å². The lowest BCUT2D eigenvalue weighted by Gasteiger charge is -2.35. The molecule has 1 heterocycles. The van der Waals surface area contributed by atoms with Crippen molar-refractivity contribution in [1.29, 1.82) is 0 Å². The smallest absolute Gasteiger partial charge is 0.338 e. The van der Waals surface area contributed by atoms with E-state index in [1.165, 1.54) is 12.1 Å². The van der Waals surface area contributed by atoms with Gasteiger partial charge in [-0.15, -0.1) is 0 Å². The Hall–Kier alpha value is -2.71. The fourth-order valence-electron chi connectivity index (χ4n) is 3.38. The highest BCUT2D eigenvalue weighted by Crippen LogP contribution is 2.30. The summed E-state index contributed by atoms with van der Waals surface area (Å²) < 4.78 is 28.4. The van der Waals surface area contributed by atoms with E-state index in [0.717, 1.165) is 30.2 Å². The van der Waals surface area contributed by atoms with Crippen molar-refractivity contribution in [2.24, 2.45) is 5.14 Å². The molecule has 0 spiro atoms. The molecular weight excluding hydrogens is 380 g/mol. The summed E-state index contributed by atoms with van der Waals surface area (Å²) in [7, 11) is -3.96. The van der Waals surface area contributed by atoms with E-state index in [-0.39, 0.29) is 22.4 Å². The maximum Gasteiger partial charge on any atom is 0.338 e. The molecule has 2 aromatic carbocycles. The minimum Gasteiger partial charge on any atom is -0.452 e. The standard InChI is InChI=1S/C20H22N2O5S/c1-13-7-9-16(11-18(13)28(21,25)26)20(24)27-12-19(23)22-14(2)8-10-15-5-3-4-6-17(15)22/h3-7,9,11,14H,8,10,12H2,1-2H3,(H2,21,25,26). The molecule has 0 saturated carbocycles. The molecule has 1 unspecified atom stereocenters. The Morgan fingerprint density at radius 2 is 1.93 bits per heavy atom. The second-order valence-corrected chi connectivity index (χ2v) is 8.41. The van der Waals surface area contributed by atoms with Crippen LogP contribution in [-0.4, -0.2) is 32.9 Å². The zero-order chi connectivity index (χ0) is 20.5. The van der Waals surface area contributed by atoms with Crippen LogP contribution in [0.25, 0.3) is 0 Å². The molecule has 2 N–H and O–H groups in total. The summed E-state index contributed by atoms with van der Waals surface area (Å²) in [4.78, 5) is 26.5. The van der Waals surface area contributed by atoms with E-state index in [1.54, 1.807) is 11.8 Å². The number of benzene rings is 2. The molecule has 0 aliphatic carbocycles. The summed E-state index contributed by atoms with van der Waals surface area (Å²) in [6, 6.07) is 11.7. The van der Waals surface area contributed by atoms with Gasteiger partial charge in [0.1, 0.15) is 0 Å². The number of amides is 1. The summed E-state index contributed by atoms with van der Waals surface area (Å²) in [5.74, 6) is -1.11. The number of nitrogens with two attached hydrogens (primary N) is 1. The molecular formula is C20H22N2O5S. The van der Waals surface area contributed by atoms with E-state index in [0.29, 0.717) is 5.56 Å². The first-order valence-corrected chi connectivity index (χ1v) is 10.4. The molecule has 1 aliphatic rings. The van der Waals surface area contributed by atoms with Gasteiger partial charge in [0.15, 0.2) is 6.61 Å². The van der Waals surface area contributed by atoms with E-state index in [1.807, 2.05) is 31.2 Å². The molecule has 0 saturated heterocycles. The van der Waals surface area contributed by atoms with Crippen molar-refractivity contribution >= 4 is 27.6 Å². The van der Waals surface area contributed by atoms with Crippen LogP contribution < -0.4 is 10.0 Å². The molecule has 2 aromatic rings. The Morgan fingerprint density at radius 3 is 2.64 bits per heavy atom. The van der Waals surface area contributed by atoms with Crippen LogP contribution in [0.15, 0.2) is 47.4 Å². The quantitative estimate of drug-likeness (QED) is 0.789. The Bertz CT molecular complexity index is 1030. The van der Waals surface area contributed by atoms with Gasteiger partial charge in [0.05, 0.1) is 10.5 Å². The number of sulfonamides is 1. The highest BCUT2D eigenvalue weighted by molar-refractivity contribution is 7.89. The van der Waals surface area contributed by atoms with Gasteiger partial charge in [-0.2, -0.15) is 0 Å². The molecule has 148 valence electrons. The van der Waals surface area contributed by atoms with E-state index < -0.39 is 22.6 Å². The van der Waals surface area contributed by atoms with E-state index in [2.05, 4.69) is 0 Å². The third-order valence-corrected chi connectivity index (χ3v) is 5.90. The molecule has 8 heteroatoms. The molecule has 1 amide bonds. The van der Waals surface area contributed by atoms with Crippen LogP contribution in [-0.2, 0) is 26.0 Å². The summed E-state index contributed by atoms with van der Waals surface area (Å²) in [6.45, 7) is 3.09. The summed E-state index contributed by atoms with van der Waals surface area (Å²) in [5, 5.41) is 5.17. The normalized spacial score (nSPS) is 16.4. The Kier molecular flexibility index (Phi) is 5.53. The van der Waals surface area contributed by atoms with E-state index in [4.69, 9.17) is 9.88 Å². The number of para-hydroxylation sites is 1. The molecule has 3 rings (SSSR count). The number of aryl methyl sites for hydroxylation is 2. The lowest BCUT2D eigenvalue weighted by Crippen LogP contribution is -2.44. The number of hydrogen-bond acceptors (Lipinski definition) is 5. The predicted molar refractivity (Wildman–Crippen MR) is 105 cm³/mol.